The van der Waals surface area contributed by atoms with E-state index < -0.39 is 40.0 Å². The minimum atomic E-state index is -1.24. The summed E-state index contributed by atoms with van der Waals surface area (Å²) in [5.41, 5.74) is -2.29. The molecule has 0 bridgehead atoms. The van der Waals surface area contributed by atoms with Gasteiger partial charge >= 0.3 is 6.09 Å². The third kappa shape index (κ3) is 3.94. The molecule has 1 fully saturated rings. The third-order valence-corrected chi connectivity index (χ3v) is 6.54. The van der Waals surface area contributed by atoms with Gasteiger partial charge < -0.3 is 5.11 Å². The molecule has 0 aromatic heterocycles. The fourth-order valence-electron chi connectivity index (χ4n) is 4.08. The van der Waals surface area contributed by atoms with Crippen molar-refractivity contribution in [1.29, 1.82) is 0 Å². The number of carboxylic acid groups (broad SMARTS) is 1. The number of hydrogen-bond donors (Lipinski definition) is 1. The number of hydrogen-bond acceptors (Lipinski definition) is 5. The third-order valence-electron chi connectivity index (χ3n) is 5.44. The number of rotatable bonds is 2. The number of benzene rings is 1. The Bertz CT molecular complexity index is 874. The van der Waals surface area contributed by atoms with Gasteiger partial charge in [-0.2, -0.15) is 0 Å². The number of nitrogens with zero attached hydrogens (tertiary/aromatic N) is 3. The number of non-ortho nitro benzene ring substituents is 1. The first-order chi connectivity index (χ1) is 13.5. The first kappa shape index (κ1) is 21.5. The average molecular weight is 427 g/mol. The number of amides is 1. The fourth-order valence-corrected chi connectivity index (χ4v) is 5.55. The van der Waals surface area contributed by atoms with Gasteiger partial charge in [0.25, 0.3) is 5.69 Å². The lowest BCUT2D eigenvalue weighted by Crippen LogP contribution is -2.52. The van der Waals surface area contributed by atoms with Crippen LogP contribution in [0.3, 0.4) is 0 Å². The lowest BCUT2D eigenvalue weighted by Gasteiger charge is -2.47. The molecule has 0 spiro atoms. The van der Waals surface area contributed by atoms with Crippen molar-refractivity contribution in [3.63, 3.8) is 0 Å². The molecule has 1 aliphatic carbocycles. The van der Waals surface area contributed by atoms with E-state index in [4.69, 9.17) is 0 Å². The lowest BCUT2D eigenvalue weighted by molar-refractivity contribution is -0.385. The van der Waals surface area contributed by atoms with Gasteiger partial charge in [0.05, 0.1) is 10.5 Å². The van der Waals surface area contributed by atoms with Gasteiger partial charge in [-0.3, -0.25) is 20.0 Å². The monoisotopic (exact) mass is 427 g/mol. The van der Waals surface area contributed by atoms with Crippen molar-refractivity contribution < 1.29 is 23.6 Å². The van der Waals surface area contributed by atoms with Crippen molar-refractivity contribution >= 4 is 28.7 Å². The minimum Gasteiger partial charge on any atom is -0.465 e. The smallest absolute Gasteiger partial charge is 0.413 e. The van der Waals surface area contributed by atoms with Crippen molar-refractivity contribution in [2.24, 2.45) is 10.9 Å². The summed E-state index contributed by atoms with van der Waals surface area (Å²) in [6.45, 7) is 5.15. The maximum Gasteiger partial charge on any atom is 0.413 e. The molecule has 1 heterocycles. The van der Waals surface area contributed by atoms with Crippen LogP contribution in [0.4, 0.5) is 19.3 Å². The maximum atomic E-state index is 14.9. The van der Waals surface area contributed by atoms with Gasteiger partial charge in [0.15, 0.2) is 5.17 Å². The van der Waals surface area contributed by atoms with E-state index in [0.29, 0.717) is 5.75 Å². The molecule has 1 saturated carbocycles. The van der Waals surface area contributed by atoms with Crippen LogP contribution in [-0.2, 0) is 5.54 Å². The Morgan fingerprint density at radius 1 is 1.45 bits per heavy atom. The van der Waals surface area contributed by atoms with Gasteiger partial charge in [0, 0.05) is 34.9 Å². The van der Waals surface area contributed by atoms with Crippen LogP contribution >= 0.6 is 11.8 Å². The van der Waals surface area contributed by atoms with E-state index in [-0.39, 0.29) is 35.7 Å². The summed E-state index contributed by atoms with van der Waals surface area (Å²) in [5.74, 6) is -0.709. The van der Waals surface area contributed by atoms with Gasteiger partial charge in [-0.1, -0.05) is 11.8 Å². The van der Waals surface area contributed by atoms with E-state index in [0.717, 1.165) is 23.1 Å². The van der Waals surface area contributed by atoms with Crippen molar-refractivity contribution in [1.82, 2.24) is 4.90 Å². The van der Waals surface area contributed by atoms with Crippen LogP contribution in [0, 0.1) is 21.8 Å². The predicted octanol–water partition coefficient (Wildman–Crippen LogP) is 4.95. The van der Waals surface area contributed by atoms with Crippen molar-refractivity contribution in [3.8, 4) is 0 Å². The second kappa shape index (κ2) is 7.55. The van der Waals surface area contributed by atoms with E-state index in [1.54, 1.807) is 20.8 Å². The van der Waals surface area contributed by atoms with Gasteiger partial charge in [0.2, 0.25) is 0 Å². The molecule has 3 atom stereocenters. The number of aliphatic imine (C=N–C) groups is 1. The predicted molar refractivity (Wildman–Crippen MR) is 106 cm³/mol. The Hall–Kier alpha value is -2.23. The van der Waals surface area contributed by atoms with E-state index in [2.05, 4.69) is 4.99 Å². The van der Waals surface area contributed by atoms with Gasteiger partial charge in [-0.15, -0.1) is 0 Å². The molecule has 3 rings (SSSR count). The summed E-state index contributed by atoms with van der Waals surface area (Å²) in [5, 5.41) is 21.2. The minimum absolute atomic E-state index is 0.0284. The van der Waals surface area contributed by atoms with Crippen LogP contribution in [0.15, 0.2) is 23.2 Å². The second-order valence-corrected chi connectivity index (χ2v) is 9.40. The zero-order chi connectivity index (χ0) is 21.6. The molecule has 0 radical (unpaired) electrons. The second-order valence-electron chi connectivity index (χ2n) is 8.41. The van der Waals surface area contributed by atoms with E-state index in [9.17, 15) is 28.8 Å². The zero-order valence-corrected chi connectivity index (χ0v) is 17.2. The highest BCUT2D eigenvalue weighted by Gasteiger charge is 2.51. The molecule has 0 unspecified atom stereocenters. The van der Waals surface area contributed by atoms with Crippen molar-refractivity contribution in [2.75, 3.05) is 5.75 Å². The molecule has 0 saturated heterocycles. The van der Waals surface area contributed by atoms with Gasteiger partial charge in [0.1, 0.15) is 12.0 Å². The quantitative estimate of drug-likeness (QED) is 0.532. The Morgan fingerprint density at radius 2 is 2.14 bits per heavy atom. The van der Waals surface area contributed by atoms with Crippen molar-refractivity contribution in [3.05, 3.63) is 39.7 Å². The van der Waals surface area contributed by atoms with Crippen LogP contribution in [0.25, 0.3) is 0 Å². The highest BCUT2D eigenvalue weighted by atomic mass is 32.2. The fraction of sp³-hybridized carbons (Fsp3) is 0.579. The first-order valence-electron chi connectivity index (χ1n) is 9.30. The topological polar surface area (TPSA) is 96.0 Å². The molecule has 2 aliphatic rings. The molecule has 29 heavy (non-hydrogen) atoms. The molecule has 10 heteroatoms. The summed E-state index contributed by atoms with van der Waals surface area (Å²) in [7, 11) is 0. The molecule has 158 valence electrons. The number of thioether (sulfide) groups is 1. The van der Waals surface area contributed by atoms with Crippen LogP contribution in [-0.4, -0.2) is 43.7 Å². The molecule has 1 N–H and O–H groups in total. The summed E-state index contributed by atoms with van der Waals surface area (Å²) in [6, 6.07) is 3.25. The number of halogens is 2. The van der Waals surface area contributed by atoms with Gasteiger partial charge in [-0.05, 0) is 46.1 Å². The molecule has 1 aromatic carbocycles. The van der Waals surface area contributed by atoms with Gasteiger partial charge in [-0.25, -0.2) is 13.6 Å². The standard InChI is InChI=1S/C19H23F2N3O4S/c1-18(2,3)23(17(25)26)16-22-19(7-6-12(20)8-11(19)10-29-16)14-9-13(24(27)28)4-5-15(14)21/h4-5,9,11-12H,6-8,10H2,1-3H3,(H,25,26)/t11-,12-,19-/m0/s1. The molecular formula is C19H23F2N3O4S. The number of carbonyl (C=O) groups is 1. The van der Waals surface area contributed by atoms with E-state index in [1.807, 2.05) is 0 Å². The SMILES string of the molecule is CC(C)(C)N(C(=O)O)C1=N[C@@]2(c3cc([N+](=O)[O-])ccc3F)CC[C@H](F)C[C@H]2CS1. The Kier molecular flexibility index (Phi) is 5.59. The van der Waals surface area contributed by atoms with Crippen LogP contribution < -0.4 is 0 Å². The summed E-state index contributed by atoms with van der Waals surface area (Å²) < 4.78 is 29.0. The molecule has 1 amide bonds. The molecular weight excluding hydrogens is 404 g/mol. The van der Waals surface area contributed by atoms with Crippen LogP contribution in [0.5, 0.6) is 0 Å². The summed E-state index contributed by atoms with van der Waals surface area (Å²) in [6.07, 6.45) is -1.84. The highest BCUT2D eigenvalue weighted by molar-refractivity contribution is 8.13. The number of nitro groups is 1. The largest absolute Gasteiger partial charge is 0.465 e. The van der Waals surface area contributed by atoms with E-state index >= 15 is 0 Å². The maximum absolute atomic E-state index is 14.9. The molecule has 1 aromatic rings. The Morgan fingerprint density at radius 3 is 2.72 bits per heavy atom. The highest BCUT2D eigenvalue weighted by Crippen LogP contribution is 2.51. The summed E-state index contributed by atoms with van der Waals surface area (Å²) in [4.78, 5) is 28.4. The van der Waals surface area contributed by atoms with E-state index in [1.165, 1.54) is 11.8 Å². The van der Waals surface area contributed by atoms with Crippen LogP contribution in [0.1, 0.15) is 45.6 Å². The Balaban J connectivity index is 2.21. The van der Waals surface area contributed by atoms with Crippen LogP contribution in [0.2, 0.25) is 0 Å². The molecule has 1 aliphatic heterocycles. The number of amidine groups is 1. The number of nitro benzene ring substituents is 1. The first-order valence-corrected chi connectivity index (χ1v) is 10.3. The zero-order valence-electron chi connectivity index (χ0n) is 16.4. The lowest BCUT2D eigenvalue weighted by atomic mass is 9.69. The average Bonchev–Trinajstić information content (AvgIpc) is 2.60. The normalized spacial score (nSPS) is 27.0. The number of alkyl halides is 1. The summed E-state index contributed by atoms with van der Waals surface area (Å²) >= 11 is 1.20. The molecule has 7 nitrogen and oxygen atoms in total. The van der Waals surface area contributed by atoms with Crippen molar-refractivity contribution in [2.45, 2.75) is 57.3 Å². The number of fused-ring (bicyclic) bond motifs is 1. The Labute approximate surface area is 171 Å².